The Balaban J connectivity index is 2.21. The van der Waals surface area contributed by atoms with E-state index in [0.29, 0.717) is 16.1 Å². The van der Waals surface area contributed by atoms with Crippen molar-refractivity contribution >= 4 is 23.5 Å². The van der Waals surface area contributed by atoms with Crippen LogP contribution in [0.4, 0.5) is 0 Å². The Morgan fingerprint density at radius 1 is 1.25 bits per heavy atom. The minimum absolute atomic E-state index is 0.0959. The first kappa shape index (κ1) is 19.9. The number of piperidine rings is 1. The predicted molar refractivity (Wildman–Crippen MR) is 102 cm³/mol. The molecule has 28 heavy (non-hydrogen) atoms. The van der Waals surface area contributed by atoms with Gasteiger partial charge in [0.05, 0.1) is 12.7 Å². The second-order valence-corrected chi connectivity index (χ2v) is 6.97. The highest BCUT2D eigenvalue weighted by Crippen LogP contribution is 2.46. The minimum Gasteiger partial charge on any atom is -0.466 e. The molecule has 4 unspecified atom stereocenters. The molecule has 3 rings (SSSR count). The van der Waals surface area contributed by atoms with Crippen LogP contribution < -0.4 is 5.32 Å². The lowest BCUT2D eigenvalue weighted by Crippen LogP contribution is -2.62. The van der Waals surface area contributed by atoms with Crippen molar-refractivity contribution in [2.75, 3.05) is 6.61 Å². The summed E-state index contributed by atoms with van der Waals surface area (Å²) in [5, 5.41) is 24.1. The molecule has 2 aromatic rings. The zero-order valence-electron chi connectivity index (χ0n) is 15.1. The lowest BCUT2D eigenvalue weighted by atomic mass is 9.67. The fourth-order valence-electron chi connectivity index (χ4n) is 3.66. The van der Waals surface area contributed by atoms with Crippen LogP contribution >= 0.6 is 11.6 Å². The molecule has 0 aliphatic carbocycles. The Bertz CT molecular complexity index is 910. The molecule has 1 aliphatic heterocycles. The van der Waals surface area contributed by atoms with Crippen LogP contribution in [0.15, 0.2) is 54.6 Å². The van der Waals surface area contributed by atoms with Crippen molar-refractivity contribution in [2.24, 2.45) is 11.8 Å². The van der Waals surface area contributed by atoms with Gasteiger partial charge in [-0.3, -0.25) is 9.59 Å². The van der Waals surface area contributed by atoms with E-state index in [1.807, 2.05) is 6.07 Å². The summed E-state index contributed by atoms with van der Waals surface area (Å²) in [5.74, 6) is -4.68. The van der Waals surface area contributed by atoms with E-state index in [4.69, 9.17) is 16.3 Å². The van der Waals surface area contributed by atoms with Crippen LogP contribution in [0.25, 0.3) is 0 Å². The second-order valence-electron chi connectivity index (χ2n) is 6.54. The van der Waals surface area contributed by atoms with E-state index in [1.165, 1.54) is 0 Å². The summed E-state index contributed by atoms with van der Waals surface area (Å²) < 4.78 is 5.22. The monoisotopic (exact) mass is 398 g/mol. The van der Waals surface area contributed by atoms with Crippen molar-refractivity contribution in [2.45, 2.75) is 18.6 Å². The van der Waals surface area contributed by atoms with Crippen LogP contribution in [0.1, 0.15) is 24.0 Å². The van der Waals surface area contributed by atoms with Gasteiger partial charge in [0.25, 0.3) is 0 Å². The fraction of sp³-hybridized carbons (Fsp3) is 0.286. The molecule has 0 aromatic heterocycles. The fourth-order valence-corrected chi connectivity index (χ4v) is 3.79. The lowest BCUT2D eigenvalue weighted by molar-refractivity contribution is -0.175. The number of amides is 1. The molecule has 7 heteroatoms. The van der Waals surface area contributed by atoms with E-state index in [1.54, 1.807) is 61.5 Å². The van der Waals surface area contributed by atoms with Crippen molar-refractivity contribution in [3.05, 3.63) is 70.7 Å². The molecule has 1 amide bonds. The summed E-state index contributed by atoms with van der Waals surface area (Å²) in [6.07, 6.45) is 0. The minimum atomic E-state index is -2.03. The van der Waals surface area contributed by atoms with E-state index in [2.05, 4.69) is 5.32 Å². The number of nitrogens with one attached hydrogen (secondary N) is 1. The Morgan fingerprint density at radius 3 is 2.46 bits per heavy atom. The molecule has 1 fully saturated rings. The van der Waals surface area contributed by atoms with Gasteiger partial charge in [0.1, 0.15) is 11.8 Å². The molecule has 1 aliphatic rings. The third kappa shape index (κ3) is 3.47. The first-order valence-electron chi connectivity index (χ1n) is 8.84. The molecule has 0 bridgehead atoms. The zero-order valence-corrected chi connectivity index (χ0v) is 15.9. The summed E-state index contributed by atoms with van der Waals surface area (Å²) in [7, 11) is 0. The highest BCUT2D eigenvalue weighted by atomic mass is 35.5. The Labute approximate surface area is 167 Å². The van der Waals surface area contributed by atoms with Gasteiger partial charge in [0.2, 0.25) is 5.91 Å². The lowest BCUT2D eigenvalue weighted by Gasteiger charge is -2.45. The molecular formula is C21H19ClN2O4. The van der Waals surface area contributed by atoms with Gasteiger partial charge < -0.3 is 15.2 Å². The summed E-state index contributed by atoms with van der Waals surface area (Å²) in [6, 6.07) is 16.8. The van der Waals surface area contributed by atoms with Gasteiger partial charge in [-0.15, -0.1) is 0 Å². The molecule has 144 valence electrons. The average molecular weight is 399 g/mol. The van der Waals surface area contributed by atoms with E-state index in [0.717, 1.165) is 0 Å². The number of nitriles is 1. The number of hydrogen-bond acceptors (Lipinski definition) is 5. The second kappa shape index (κ2) is 8.01. The number of benzene rings is 2. The van der Waals surface area contributed by atoms with Gasteiger partial charge in [-0.2, -0.15) is 5.26 Å². The first-order chi connectivity index (χ1) is 13.4. The molecule has 1 heterocycles. The van der Waals surface area contributed by atoms with Gasteiger partial charge >= 0.3 is 5.97 Å². The molecule has 0 saturated carbocycles. The molecule has 1 saturated heterocycles. The Hall–Kier alpha value is -2.88. The van der Waals surface area contributed by atoms with E-state index >= 15 is 0 Å². The standard InChI is InChI=1S/C21H19ClN2O4/c1-2-28-20(26)18-17(13-8-10-15(22)11-9-13)16(12-23)19(25)24-21(18,27)14-6-4-3-5-7-14/h3-11,16-18,27H,2H2,1H3,(H,24,25). The quantitative estimate of drug-likeness (QED) is 0.771. The van der Waals surface area contributed by atoms with Crippen molar-refractivity contribution < 1.29 is 19.4 Å². The van der Waals surface area contributed by atoms with Crippen molar-refractivity contribution in [3.8, 4) is 6.07 Å². The molecule has 0 radical (unpaired) electrons. The number of halogens is 1. The number of carbonyl (C=O) groups excluding carboxylic acids is 2. The van der Waals surface area contributed by atoms with Crippen LogP contribution in [0, 0.1) is 23.2 Å². The van der Waals surface area contributed by atoms with Crippen LogP contribution in [0.3, 0.4) is 0 Å². The van der Waals surface area contributed by atoms with E-state index in [9.17, 15) is 20.0 Å². The zero-order chi connectivity index (χ0) is 20.3. The maximum atomic E-state index is 12.9. The van der Waals surface area contributed by atoms with Gasteiger partial charge in [-0.1, -0.05) is 54.1 Å². The van der Waals surface area contributed by atoms with Crippen LogP contribution in [-0.4, -0.2) is 23.6 Å². The number of ether oxygens (including phenoxy) is 1. The van der Waals surface area contributed by atoms with Gasteiger partial charge in [0.15, 0.2) is 5.72 Å². The largest absolute Gasteiger partial charge is 0.466 e. The number of hydrogen-bond donors (Lipinski definition) is 2. The molecule has 2 aromatic carbocycles. The van der Waals surface area contributed by atoms with Crippen LogP contribution in [0.2, 0.25) is 5.02 Å². The van der Waals surface area contributed by atoms with Crippen LogP contribution in [-0.2, 0) is 20.1 Å². The highest BCUT2D eigenvalue weighted by Gasteiger charge is 2.57. The molecule has 6 nitrogen and oxygen atoms in total. The van der Waals surface area contributed by atoms with Crippen molar-refractivity contribution in [1.82, 2.24) is 5.32 Å². The summed E-state index contributed by atoms with van der Waals surface area (Å²) in [4.78, 5) is 25.7. The van der Waals surface area contributed by atoms with Gasteiger partial charge in [-0.05, 0) is 24.6 Å². The third-order valence-corrected chi connectivity index (χ3v) is 5.16. The molecule has 0 spiro atoms. The molecule has 2 N–H and O–H groups in total. The SMILES string of the molecule is CCOC(=O)C1C(c2ccc(Cl)cc2)C(C#N)C(=O)NC1(O)c1ccccc1. The van der Waals surface area contributed by atoms with E-state index in [-0.39, 0.29) is 6.61 Å². The predicted octanol–water partition coefficient (Wildman–Crippen LogP) is 2.72. The Morgan fingerprint density at radius 2 is 1.89 bits per heavy atom. The number of aliphatic hydroxyl groups is 1. The van der Waals surface area contributed by atoms with Crippen molar-refractivity contribution in [3.63, 3.8) is 0 Å². The third-order valence-electron chi connectivity index (χ3n) is 4.91. The normalized spacial score (nSPS) is 26.8. The maximum Gasteiger partial charge on any atom is 0.314 e. The summed E-state index contributed by atoms with van der Waals surface area (Å²) in [6.45, 7) is 1.75. The first-order valence-corrected chi connectivity index (χ1v) is 9.21. The topological polar surface area (TPSA) is 99.4 Å². The molecular weight excluding hydrogens is 380 g/mol. The smallest absolute Gasteiger partial charge is 0.314 e. The number of esters is 1. The summed E-state index contributed by atoms with van der Waals surface area (Å²) >= 11 is 5.96. The summed E-state index contributed by atoms with van der Waals surface area (Å²) in [5.41, 5.74) is -1.16. The number of carbonyl (C=O) groups is 2. The van der Waals surface area contributed by atoms with Crippen molar-refractivity contribution in [1.29, 1.82) is 5.26 Å². The van der Waals surface area contributed by atoms with E-state index < -0.39 is 35.4 Å². The number of nitrogens with zero attached hydrogens (tertiary/aromatic N) is 1. The highest BCUT2D eigenvalue weighted by molar-refractivity contribution is 6.30. The van der Waals surface area contributed by atoms with Gasteiger partial charge in [-0.25, -0.2) is 0 Å². The number of rotatable bonds is 4. The maximum absolute atomic E-state index is 12.9. The average Bonchev–Trinajstić information content (AvgIpc) is 2.69. The Kier molecular flexibility index (Phi) is 5.68. The van der Waals surface area contributed by atoms with Crippen LogP contribution in [0.5, 0.6) is 0 Å². The molecule has 4 atom stereocenters. The van der Waals surface area contributed by atoms with Gasteiger partial charge in [0, 0.05) is 16.5 Å².